The number of carbonyl (C=O) groups is 2. The second-order valence-electron chi connectivity index (χ2n) is 4.49. The SMILES string of the molecule is CCOc1ccccc1C(=O)N1CCNCC1C(=O)O. The number of amides is 1. The molecule has 0 aliphatic carbocycles. The number of para-hydroxylation sites is 1. The highest BCUT2D eigenvalue weighted by Crippen LogP contribution is 2.21. The van der Waals surface area contributed by atoms with Crippen molar-refractivity contribution in [1.29, 1.82) is 0 Å². The first-order valence-corrected chi connectivity index (χ1v) is 6.61. The molecule has 0 spiro atoms. The van der Waals surface area contributed by atoms with Crippen LogP contribution in [0.4, 0.5) is 0 Å². The molecular formula is C14H18N2O4. The largest absolute Gasteiger partial charge is 0.493 e. The Balaban J connectivity index is 2.27. The van der Waals surface area contributed by atoms with Crippen molar-refractivity contribution in [1.82, 2.24) is 10.2 Å². The third-order valence-electron chi connectivity index (χ3n) is 3.21. The van der Waals surface area contributed by atoms with Crippen molar-refractivity contribution in [2.24, 2.45) is 0 Å². The molecule has 1 saturated heterocycles. The van der Waals surface area contributed by atoms with Gasteiger partial charge in [0.2, 0.25) is 0 Å². The number of benzene rings is 1. The number of hydrogen-bond donors (Lipinski definition) is 2. The summed E-state index contributed by atoms with van der Waals surface area (Å²) in [6.07, 6.45) is 0. The molecule has 1 aliphatic heterocycles. The van der Waals surface area contributed by atoms with E-state index < -0.39 is 12.0 Å². The molecule has 1 amide bonds. The van der Waals surface area contributed by atoms with Gasteiger partial charge in [0.25, 0.3) is 5.91 Å². The molecule has 20 heavy (non-hydrogen) atoms. The maximum absolute atomic E-state index is 12.6. The van der Waals surface area contributed by atoms with Crippen LogP contribution in [0.3, 0.4) is 0 Å². The Bertz CT molecular complexity index is 504. The van der Waals surface area contributed by atoms with Crippen molar-refractivity contribution in [3.05, 3.63) is 29.8 Å². The van der Waals surface area contributed by atoms with Crippen LogP contribution < -0.4 is 10.1 Å². The summed E-state index contributed by atoms with van der Waals surface area (Å²) in [7, 11) is 0. The lowest BCUT2D eigenvalue weighted by atomic mass is 10.1. The summed E-state index contributed by atoms with van der Waals surface area (Å²) in [6, 6.07) is 6.07. The van der Waals surface area contributed by atoms with Crippen LogP contribution in [0.5, 0.6) is 5.75 Å². The summed E-state index contributed by atoms with van der Waals surface area (Å²) in [4.78, 5) is 25.2. The lowest BCUT2D eigenvalue weighted by Gasteiger charge is -2.33. The van der Waals surface area contributed by atoms with Gasteiger partial charge < -0.3 is 20.1 Å². The van der Waals surface area contributed by atoms with Crippen molar-refractivity contribution in [2.75, 3.05) is 26.2 Å². The molecule has 6 heteroatoms. The number of ether oxygens (including phenoxy) is 1. The minimum absolute atomic E-state index is 0.262. The van der Waals surface area contributed by atoms with Crippen LogP contribution in [-0.4, -0.2) is 54.2 Å². The number of nitrogens with zero attached hydrogens (tertiary/aromatic N) is 1. The zero-order valence-electron chi connectivity index (χ0n) is 11.3. The van der Waals surface area contributed by atoms with E-state index >= 15 is 0 Å². The third-order valence-corrected chi connectivity index (χ3v) is 3.21. The molecule has 0 radical (unpaired) electrons. The Labute approximate surface area is 117 Å². The molecule has 108 valence electrons. The van der Waals surface area contributed by atoms with Gasteiger partial charge in [-0.3, -0.25) is 4.79 Å². The van der Waals surface area contributed by atoms with Gasteiger partial charge in [-0.2, -0.15) is 0 Å². The highest BCUT2D eigenvalue weighted by molar-refractivity contribution is 5.99. The number of rotatable bonds is 4. The second kappa shape index (κ2) is 6.38. The molecule has 1 aromatic rings. The molecule has 1 fully saturated rings. The summed E-state index contributed by atoms with van der Waals surface area (Å²) in [5.41, 5.74) is 0.405. The predicted molar refractivity (Wildman–Crippen MR) is 72.9 cm³/mol. The summed E-state index contributed by atoms with van der Waals surface area (Å²) in [5, 5.41) is 12.2. The number of carbonyl (C=O) groups excluding carboxylic acids is 1. The molecule has 1 heterocycles. The number of hydrogen-bond acceptors (Lipinski definition) is 4. The molecule has 1 aromatic carbocycles. The zero-order chi connectivity index (χ0) is 14.5. The summed E-state index contributed by atoms with van der Waals surface area (Å²) in [6.45, 7) is 3.51. The second-order valence-corrected chi connectivity index (χ2v) is 4.49. The van der Waals surface area contributed by atoms with Crippen LogP contribution in [0, 0.1) is 0 Å². The molecule has 2 rings (SSSR count). The standard InChI is InChI=1S/C14H18N2O4/c1-2-20-12-6-4-3-5-10(12)13(17)16-8-7-15-9-11(16)14(18)19/h3-6,11,15H,2,7-9H2,1H3,(H,18,19). The van der Waals surface area contributed by atoms with Crippen LogP contribution in [0.25, 0.3) is 0 Å². The van der Waals surface area contributed by atoms with Crippen molar-refractivity contribution >= 4 is 11.9 Å². The third kappa shape index (κ3) is 2.91. The predicted octanol–water partition coefficient (Wildman–Crippen LogP) is 0.584. The number of carboxylic acid groups (broad SMARTS) is 1. The maximum atomic E-state index is 12.6. The van der Waals surface area contributed by atoms with Gasteiger partial charge in [0.1, 0.15) is 11.8 Å². The first kappa shape index (κ1) is 14.3. The average Bonchev–Trinajstić information content (AvgIpc) is 2.47. The van der Waals surface area contributed by atoms with Crippen LogP contribution in [0.15, 0.2) is 24.3 Å². The fourth-order valence-electron chi connectivity index (χ4n) is 2.25. The zero-order valence-corrected chi connectivity index (χ0v) is 11.3. The Morgan fingerprint density at radius 2 is 2.20 bits per heavy atom. The van der Waals surface area contributed by atoms with Crippen LogP contribution in [0.1, 0.15) is 17.3 Å². The summed E-state index contributed by atoms with van der Waals surface area (Å²) >= 11 is 0. The van der Waals surface area contributed by atoms with Crippen molar-refractivity contribution in [2.45, 2.75) is 13.0 Å². The van der Waals surface area contributed by atoms with Crippen LogP contribution >= 0.6 is 0 Å². The monoisotopic (exact) mass is 278 g/mol. The van der Waals surface area contributed by atoms with Gasteiger partial charge in [-0.1, -0.05) is 12.1 Å². The molecule has 1 aliphatic rings. The Kier molecular flexibility index (Phi) is 4.57. The van der Waals surface area contributed by atoms with E-state index in [0.717, 1.165) is 0 Å². The molecule has 0 aromatic heterocycles. The molecule has 6 nitrogen and oxygen atoms in total. The molecule has 0 saturated carbocycles. The van der Waals surface area contributed by atoms with E-state index in [1.807, 2.05) is 6.92 Å². The fourth-order valence-corrected chi connectivity index (χ4v) is 2.25. The van der Waals surface area contributed by atoms with E-state index in [-0.39, 0.29) is 12.5 Å². The van der Waals surface area contributed by atoms with Crippen molar-refractivity contribution in [3.63, 3.8) is 0 Å². The quantitative estimate of drug-likeness (QED) is 0.842. The van der Waals surface area contributed by atoms with Gasteiger partial charge >= 0.3 is 5.97 Å². The van der Waals surface area contributed by atoms with E-state index in [0.29, 0.717) is 31.0 Å². The Hall–Kier alpha value is -2.08. The highest BCUT2D eigenvalue weighted by atomic mass is 16.5. The number of aliphatic carboxylic acids is 1. The molecule has 2 N–H and O–H groups in total. The van der Waals surface area contributed by atoms with E-state index in [9.17, 15) is 14.7 Å². The number of nitrogens with one attached hydrogen (secondary N) is 1. The normalized spacial score (nSPS) is 18.6. The minimum atomic E-state index is -1.00. The highest BCUT2D eigenvalue weighted by Gasteiger charge is 2.33. The van der Waals surface area contributed by atoms with Crippen molar-refractivity contribution in [3.8, 4) is 5.75 Å². The topological polar surface area (TPSA) is 78.9 Å². The van der Waals surface area contributed by atoms with E-state index in [1.165, 1.54) is 4.90 Å². The van der Waals surface area contributed by atoms with Crippen molar-refractivity contribution < 1.29 is 19.4 Å². The maximum Gasteiger partial charge on any atom is 0.327 e. The van der Waals surface area contributed by atoms with E-state index in [1.54, 1.807) is 24.3 Å². The number of carboxylic acids is 1. The average molecular weight is 278 g/mol. The summed E-state index contributed by atoms with van der Waals surface area (Å²) < 4.78 is 5.43. The molecule has 1 unspecified atom stereocenters. The Morgan fingerprint density at radius 3 is 2.90 bits per heavy atom. The molecule has 0 bridgehead atoms. The smallest absolute Gasteiger partial charge is 0.327 e. The first-order valence-electron chi connectivity index (χ1n) is 6.61. The Morgan fingerprint density at radius 1 is 1.45 bits per heavy atom. The molecular weight excluding hydrogens is 260 g/mol. The van der Waals surface area contributed by atoms with Gasteiger partial charge in [-0.05, 0) is 19.1 Å². The number of piperazine rings is 1. The lowest BCUT2D eigenvalue weighted by molar-refractivity contribution is -0.142. The summed E-state index contributed by atoms with van der Waals surface area (Å²) in [5.74, 6) is -0.815. The van der Waals surface area contributed by atoms with E-state index in [4.69, 9.17) is 4.74 Å². The molecule has 1 atom stereocenters. The van der Waals surface area contributed by atoms with Gasteiger partial charge in [0.15, 0.2) is 0 Å². The van der Waals surface area contributed by atoms with Crippen LogP contribution in [0.2, 0.25) is 0 Å². The van der Waals surface area contributed by atoms with Gasteiger partial charge in [-0.25, -0.2) is 4.79 Å². The fraction of sp³-hybridized carbons (Fsp3) is 0.429. The van der Waals surface area contributed by atoms with E-state index in [2.05, 4.69) is 5.32 Å². The first-order chi connectivity index (χ1) is 9.65. The lowest BCUT2D eigenvalue weighted by Crippen LogP contribution is -2.57. The van der Waals surface area contributed by atoms with Gasteiger partial charge in [-0.15, -0.1) is 0 Å². The van der Waals surface area contributed by atoms with Crippen LogP contribution in [-0.2, 0) is 4.79 Å². The minimum Gasteiger partial charge on any atom is -0.493 e. The van der Waals surface area contributed by atoms with Gasteiger partial charge in [0.05, 0.1) is 12.2 Å². The van der Waals surface area contributed by atoms with Gasteiger partial charge in [0, 0.05) is 19.6 Å².